The van der Waals surface area contributed by atoms with Gasteiger partial charge >= 0.3 is 0 Å². The summed E-state index contributed by atoms with van der Waals surface area (Å²) in [6.45, 7) is -0.699. The molecule has 0 radical (unpaired) electrons. The second-order valence-electron chi connectivity index (χ2n) is 5.05. The number of aliphatic hydroxyl groups excluding tert-OH is 2. The summed E-state index contributed by atoms with van der Waals surface area (Å²) >= 11 is 0. The van der Waals surface area contributed by atoms with Gasteiger partial charge in [0.1, 0.15) is 5.75 Å². The van der Waals surface area contributed by atoms with Gasteiger partial charge in [0.15, 0.2) is 9.84 Å². The van der Waals surface area contributed by atoms with Crippen molar-refractivity contribution in [3.8, 4) is 5.75 Å². The Kier molecular flexibility index (Phi) is 3.59. The third-order valence-electron chi connectivity index (χ3n) is 3.90. The first-order valence-corrected chi connectivity index (χ1v) is 7.90. The smallest absolute Gasteiger partial charge is 0.151 e. The number of rotatable bonds is 5. The Morgan fingerprint density at radius 3 is 2.05 bits per heavy atom. The van der Waals surface area contributed by atoms with Crippen molar-refractivity contribution >= 4 is 9.84 Å². The van der Waals surface area contributed by atoms with Crippen LogP contribution in [0.15, 0.2) is 24.3 Å². The molecule has 0 unspecified atom stereocenters. The molecule has 0 saturated heterocycles. The lowest BCUT2D eigenvalue weighted by Crippen LogP contribution is -2.22. The van der Waals surface area contributed by atoms with Crippen LogP contribution in [0.1, 0.15) is 11.5 Å². The molecular weight excluding hydrogens is 268 g/mol. The van der Waals surface area contributed by atoms with Gasteiger partial charge < -0.3 is 14.9 Å². The molecule has 1 saturated carbocycles. The highest BCUT2D eigenvalue weighted by atomic mass is 32.2. The summed E-state index contributed by atoms with van der Waals surface area (Å²) in [6.07, 6.45) is 1.14. The Labute approximate surface area is 112 Å². The average molecular weight is 286 g/mol. The van der Waals surface area contributed by atoms with E-state index in [4.69, 9.17) is 4.74 Å². The number of aliphatic hydroxyl groups is 2. The number of sulfone groups is 1. The zero-order valence-corrected chi connectivity index (χ0v) is 11.7. The van der Waals surface area contributed by atoms with Gasteiger partial charge in [0.2, 0.25) is 0 Å². The minimum absolute atomic E-state index is 0.349. The predicted molar refractivity (Wildman–Crippen MR) is 71.0 cm³/mol. The van der Waals surface area contributed by atoms with Gasteiger partial charge in [-0.1, -0.05) is 12.1 Å². The molecule has 2 N–H and O–H groups in total. The fraction of sp³-hybridized carbons (Fsp3) is 0.538. The van der Waals surface area contributed by atoms with Crippen LogP contribution in [-0.2, 0) is 9.84 Å². The highest BCUT2D eigenvalue weighted by Crippen LogP contribution is 2.62. The molecule has 1 aromatic rings. The van der Waals surface area contributed by atoms with Gasteiger partial charge in [-0.25, -0.2) is 8.42 Å². The van der Waals surface area contributed by atoms with E-state index in [1.165, 1.54) is 0 Å². The predicted octanol–water partition coefficient (Wildman–Crippen LogP) is 0.177. The minimum Gasteiger partial charge on any atom is -0.497 e. The second kappa shape index (κ2) is 4.77. The topological polar surface area (TPSA) is 83.8 Å². The maximum Gasteiger partial charge on any atom is 0.151 e. The summed E-state index contributed by atoms with van der Waals surface area (Å²) in [6, 6.07) is 7.03. The average Bonchev–Trinajstić information content (AvgIpc) is 3.09. The van der Waals surface area contributed by atoms with Crippen LogP contribution in [0, 0.1) is 5.41 Å². The molecule has 1 fully saturated rings. The van der Waals surface area contributed by atoms with Gasteiger partial charge in [-0.05, 0) is 17.7 Å². The monoisotopic (exact) mass is 286 g/mol. The van der Waals surface area contributed by atoms with Crippen molar-refractivity contribution in [3.63, 3.8) is 0 Å². The Morgan fingerprint density at radius 1 is 1.21 bits per heavy atom. The molecule has 6 heteroatoms. The van der Waals surface area contributed by atoms with Crippen molar-refractivity contribution in [2.45, 2.75) is 11.2 Å². The SMILES string of the molecule is COc1ccc([C@@H]2[C@@H](S(C)(=O)=O)C2(CO)CO)cc1. The summed E-state index contributed by atoms with van der Waals surface area (Å²) < 4.78 is 28.6. The largest absolute Gasteiger partial charge is 0.497 e. The molecule has 0 spiro atoms. The molecule has 0 aromatic heterocycles. The van der Waals surface area contributed by atoms with Crippen molar-refractivity contribution < 1.29 is 23.4 Å². The first-order chi connectivity index (χ1) is 8.90. The van der Waals surface area contributed by atoms with E-state index in [-0.39, 0.29) is 19.1 Å². The van der Waals surface area contributed by atoms with Crippen molar-refractivity contribution in [3.05, 3.63) is 29.8 Å². The van der Waals surface area contributed by atoms with Crippen LogP contribution in [0.4, 0.5) is 0 Å². The van der Waals surface area contributed by atoms with Gasteiger partial charge in [-0.3, -0.25) is 0 Å². The summed E-state index contributed by atoms with van der Waals surface area (Å²) in [4.78, 5) is 0. The molecule has 0 bridgehead atoms. The van der Waals surface area contributed by atoms with Crippen LogP contribution >= 0.6 is 0 Å². The zero-order chi connectivity index (χ0) is 14.3. The maximum absolute atomic E-state index is 11.8. The van der Waals surface area contributed by atoms with Gasteiger partial charge in [-0.2, -0.15) is 0 Å². The summed E-state index contributed by atoms with van der Waals surface area (Å²) in [7, 11) is -1.77. The molecule has 0 aliphatic heterocycles. The molecule has 0 heterocycles. The van der Waals surface area contributed by atoms with Crippen LogP contribution in [0.5, 0.6) is 5.75 Å². The number of hydrogen-bond donors (Lipinski definition) is 2. The Morgan fingerprint density at radius 2 is 1.74 bits per heavy atom. The number of hydrogen-bond acceptors (Lipinski definition) is 5. The highest BCUT2D eigenvalue weighted by Gasteiger charge is 2.69. The molecule has 1 aliphatic carbocycles. The molecule has 1 aliphatic rings. The van der Waals surface area contributed by atoms with E-state index in [1.54, 1.807) is 31.4 Å². The summed E-state index contributed by atoms with van der Waals surface area (Å²) in [5.74, 6) is 0.308. The maximum atomic E-state index is 11.8. The van der Waals surface area contributed by atoms with Gasteiger partial charge in [0.25, 0.3) is 0 Å². The minimum atomic E-state index is -3.33. The van der Waals surface area contributed by atoms with E-state index < -0.39 is 20.5 Å². The normalized spacial score (nSPS) is 25.1. The third-order valence-corrected chi connectivity index (χ3v) is 5.57. The lowest BCUT2D eigenvalue weighted by atomic mass is 10.0. The lowest BCUT2D eigenvalue weighted by Gasteiger charge is -2.10. The van der Waals surface area contributed by atoms with Crippen LogP contribution in [0.2, 0.25) is 0 Å². The highest BCUT2D eigenvalue weighted by molar-refractivity contribution is 7.91. The van der Waals surface area contributed by atoms with Crippen LogP contribution in [0.25, 0.3) is 0 Å². The zero-order valence-electron chi connectivity index (χ0n) is 10.9. The third kappa shape index (κ3) is 2.24. The summed E-state index contributed by atoms with van der Waals surface area (Å²) in [5.41, 5.74) is -0.179. The Balaban J connectivity index is 2.37. The van der Waals surface area contributed by atoms with Crippen molar-refractivity contribution in [2.24, 2.45) is 5.41 Å². The molecule has 5 nitrogen and oxygen atoms in total. The van der Waals surface area contributed by atoms with E-state index in [0.29, 0.717) is 5.75 Å². The van der Waals surface area contributed by atoms with E-state index in [9.17, 15) is 18.6 Å². The summed E-state index contributed by atoms with van der Waals surface area (Å²) in [5, 5.41) is 18.2. The van der Waals surface area contributed by atoms with Crippen LogP contribution in [-0.4, -0.2) is 50.5 Å². The molecule has 1 aromatic carbocycles. The Bertz CT molecular complexity index is 545. The van der Waals surface area contributed by atoms with E-state index in [2.05, 4.69) is 0 Å². The number of methoxy groups -OCH3 is 1. The van der Waals surface area contributed by atoms with Crippen molar-refractivity contribution in [1.82, 2.24) is 0 Å². The fourth-order valence-electron chi connectivity index (χ4n) is 2.87. The number of benzene rings is 1. The standard InChI is InChI=1S/C13H18O5S/c1-18-10-5-3-9(4-6-10)11-12(19(2,16)17)13(11,7-14)8-15/h3-6,11-12,14-15H,7-8H2,1-2H3/t11-,12-/m1/s1. The Hall–Kier alpha value is -1.11. The molecular formula is C13H18O5S. The van der Waals surface area contributed by atoms with Gasteiger partial charge in [0, 0.05) is 17.6 Å². The first kappa shape index (κ1) is 14.3. The van der Waals surface area contributed by atoms with Crippen LogP contribution < -0.4 is 4.74 Å². The second-order valence-corrected chi connectivity index (χ2v) is 7.22. The first-order valence-electron chi connectivity index (χ1n) is 5.95. The molecule has 2 atom stereocenters. The lowest BCUT2D eigenvalue weighted by molar-refractivity contribution is 0.130. The molecule has 2 rings (SSSR count). The molecule has 19 heavy (non-hydrogen) atoms. The molecule has 106 valence electrons. The molecule has 0 amide bonds. The fourth-order valence-corrected chi connectivity index (χ4v) is 4.86. The van der Waals surface area contributed by atoms with Crippen molar-refractivity contribution in [1.29, 1.82) is 0 Å². The number of ether oxygens (including phenoxy) is 1. The van der Waals surface area contributed by atoms with Gasteiger partial charge in [-0.15, -0.1) is 0 Å². The van der Waals surface area contributed by atoms with E-state index in [0.717, 1.165) is 11.8 Å². The van der Waals surface area contributed by atoms with Crippen LogP contribution in [0.3, 0.4) is 0 Å². The van der Waals surface area contributed by atoms with Gasteiger partial charge in [0.05, 0.1) is 25.6 Å². The van der Waals surface area contributed by atoms with E-state index >= 15 is 0 Å². The quantitative estimate of drug-likeness (QED) is 0.806. The van der Waals surface area contributed by atoms with E-state index in [1.807, 2.05) is 0 Å². The van der Waals surface area contributed by atoms with Crippen molar-refractivity contribution in [2.75, 3.05) is 26.6 Å².